The molecule has 1 aliphatic rings. The fourth-order valence-corrected chi connectivity index (χ4v) is 3.87. The highest BCUT2D eigenvalue weighted by molar-refractivity contribution is 9.28. The molecule has 0 aromatic heterocycles. The van der Waals surface area contributed by atoms with E-state index >= 15 is 0 Å². The lowest BCUT2D eigenvalue weighted by atomic mass is 10.1. The Hall–Kier alpha value is -2.10. The normalized spacial score (nSPS) is 20.4. The molecule has 4 nitrogen and oxygen atoms in total. The van der Waals surface area contributed by atoms with E-state index in [2.05, 4.69) is 37.9 Å². The van der Waals surface area contributed by atoms with E-state index in [0.29, 0.717) is 17.1 Å². The summed E-state index contributed by atoms with van der Waals surface area (Å²) < 4.78 is 12.2. The van der Waals surface area contributed by atoms with Crippen LogP contribution in [0.4, 0.5) is 0 Å². The first kappa shape index (κ1) is 20.6. The minimum absolute atomic E-state index is 0.0563. The van der Waals surface area contributed by atoms with Crippen LogP contribution in [-0.4, -0.2) is 5.97 Å². The van der Waals surface area contributed by atoms with Gasteiger partial charge in [-0.05, 0) is 67.5 Å². The van der Waals surface area contributed by atoms with Crippen LogP contribution in [0, 0.1) is 28.6 Å². The molecule has 0 aliphatic heterocycles. The smallest absolute Gasteiger partial charge is 0.311 e. The monoisotopic (exact) mass is 503 g/mol. The van der Waals surface area contributed by atoms with Gasteiger partial charge in [0.15, 0.2) is 0 Å². The fourth-order valence-electron chi connectivity index (χ4n) is 3.30. The largest absolute Gasteiger partial charge is 0.457 e. The first-order chi connectivity index (χ1) is 13.3. The number of hydrogen-bond acceptors (Lipinski definition) is 4. The Balaban J connectivity index is 1.72. The number of nitrogens with zero attached hydrogens (tertiary/aromatic N) is 1. The van der Waals surface area contributed by atoms with E-state index in [4.69, 9.17) is 9.47 Å². The van der Waals surface area contributed by atoms with Crippen LogP contribution in [0.1, 0.15) is 25.5 Å². The molecule has 3 rings (SSSR count). The van der Waals surface area contributed by atoms with Crippen LogP contribution < -0.4 is 4.74 Å². The number of hydrogen-bond donors (Lipinski definition) is 0. The molecule has 0 spiro atoms. The summed E-state index contributed by atoms with van der Waals surface area (Å²) in [4.78, 5) is 12.7. The number of esters is 1. The van der Waals surface area contributed by atoms with E-state index < -0.39 is 6.10 Å². The van der Waals surface area contributed by atoms with Gasteiger partial charge in [-0.3, -0.25) is 4.79 Å². The molecule has 28 heavy (non-hydrogen) atoms. The second-order valence-corrected chi connectivity index (χ2v) is 9.99. The van der Waals surface area contributed by atoms with Gasteiger partial charge in [0.1, 0.15) is 17.6 Å². The number of halogens is 2. The van der Waals surface area contributed by atoms with E-state index in [9.17, 15) is 10.1 Å². The number of rotatable bonds is 6. The lowest BCUT2D eigenvalue weighted by molar-refractivity contribution is -0.149. The van der Waals surface area contributed by atoms with Gasteiger partial charge >= 0.3 is 5.97 Å². The molecule has 0 saturated heterocycles. The summed E-state index contributed by atoms with van der Waals surface area (Å²) in [5.41, 5.74) is 0.374. The van der Waals surface area contributed by atoms with Gasteiger partial charge in [0, 0.05) is 5.56 Å². The fraction of sp³-hybridized carbons (Fsp3) is 0.273. The van der Waals surface area contributed by atoms with E-state index in [1.807, 2.05) is 50.3 Å². The third-order valence-electron chi connectivity index (χ3n) is 4.96. The Morgan fingerprint density at radius 3 is 2.46 bits per heavy atom. The maximum Gasteiger partial charge on any atom is 0.311 e. The average Bonchev–Trinajstić information content (AvgIpc) is 3.20. The second-order valence-electron chi connectivity index (χ2n) is 7.21. The first-order valence-corrected chi connectivity index (χ1v) is 10.4. The van der Waals surface area contributed by atoms with Crippen LogP contribution in [0.2, 0.25) is 0 Å². The Bertz CT molecular complexity index is 930. The Labute approximate surface area is 181 Å². The number of carbonyl (C=O) groups is 1. The highest BCUT2D eigenvalue weighted by atomic mass is 79.9. The summed E-state index contributed by atoms with van der Waals surface area (Å²) in [7, 11) is 0. The molecule has 0 bridgehead atoms. The molecule has 6 heteroatoms. The maximum atomic E-state index is 12.7. The molecule has 0 N–H and O–H groups in total. The van der Waals surface area contributed by atoms with Crippen LogP contribution in [-0.2, 0) is 9.53 Å². The number of para-hydroxylation sites is 1. The van der Waals surface area contributed by atoms with E-state index in [-0.39, 0.29) is 23.2 Å². The standard InChI is InChI=1S/C22H19Br2NO3/c1-22(2)17(12-19(23)24)20(22)21(26)28-18(13-25)14-7-6-10-16(11-14)27-15-8-4-3-5-9-15/h3-12,17-18,20H,1-2H3/t17-,18?,20+/m0/s1. The number of nitriles is 1. The lowest BCUT2D eigenvalue weighted by Crippen LogP contribution is -2.14. The van der Waals surface area contributed by atoms with E-state index in [0.717, 1.165) is 3.39 Å². The van der Waals surface area contributed by atoms with Crippen molar-refractivity contribution in [2.24, 2.45) is 17.3 Å². The summed E-state index contributed by atoms with van der Waals surface area (Å²) in [6.07, 6.45) is 0.960. The van der Waals surface area contributed by atoms with Gasteiger partial charge in [0.2, 0.25) is 6.10 Å². The summed E-state index contributed by atoms with van der Waals surface area (Å²) in [5, 5.41) is 9.56. The van der Waals surface area contributed by atoms with Crippen LogP contribution >= 0.6 is 31.9 Å². The molecule has 2 aromatic rings. The van der Waals surface area contributed by atoms with Crippen molar-refractivity contribution in [1.29, 1.82) is 5.26 Å². The number of ether oxygens (including phenoxy) is 2. The molecule has 1 unspecified atom stereocenters. The van der Waals surface area contributed by atoms with Crippen molar-refractivity contribution in [2.75, 3.05) is 0 Å². The molecular formula is C22H19Br2NO3. The number of benzene rings is 2. The zero-order valence-electron chi connectivity index (χ0n) is 15.4. The summed E-state index contributed by atoms with van der Waals surface area (Å²) >= 11 is 6.68. The Kier molecular flexibility index (Phi) is 6.26. The molecular weight excluding hydrogens is 486 g/mol. The van der Waals surface area contributed by atoms with Gasteiger partial charge in [-0.2, -0.15) is 5.26 Å². The third-order valence-corrected chi connectivity index (χ3v) is 5.49. The van der Waals surface area contributed by atoms with E-state index in [1.54, 1.807) is 24.3 Å². The number of carbonyl (C=O) groups excluding carboxylic acids is 1. The predicted molar refractivity (Wildman–Crippen MR) is 114 cm³/mol. The molecule has 1 saturated carbocycles. The average molecular weight is 505 g/mol. The van der Waals surface area contributed by atoms with Crippen LogP contribution in [0.5, 0.6) is 11.5 Å². The first-order valence-electron chi connectivity index (χ1n) is 8.78. The SMILES string of the molecule is CC1(C)[C@@H](C=C(Br)Br)[C@@H]1C(=O)OC(C#N)c1cccc(Oc2ccccc2)c1. The Morgan fingerprint density at radius 2 is 1.82 bits per heavy atom. The quantitative estimate of drug-likeness (QED) is 0.422. The summed E-state index contributed by atoms with van der Waals surface area (Å²) in [6.45, 7) is 4.03. The predicted octanol–water partition coefficient (Wildman–Crippen LogP) is 6.49. The summed E-state index contributed by atoms with van der Waals surface area (Å²) in [5.74, 6) is 0.683. The van der Waals surface area contributed by atoms with Gasteiger partial charge in [-0.25, -0.2) is 0 Å². The van der Waals surface area contributed by atoms with Crippen molar-refractivity contribution in [3.05, 3.63) is 69.6 Å². The molecule has 0 amide bonds. The van der Waals surface area contributed by atoms with E-state index in [1.165, 1.54) is 0 Å². The summed E-state index contributed by atoms with van der Waals surface area (Å²) in [6, 6.07) is 18.5. The molecule has 0 radical (unpaired) electrons. The van der Waals surface area contributed by atoms with Crippen molar-refractivity contribution in [2.45, 2.75) is 20.0 Å². The van der Waals surface area contributed by atoms with Crippen LogP contribution in [0.25, 0.3) is 0 Å². The van der Waals surface area contributed by atoms with Crippen molar-refractivity contribution in [3.63, 3.8) is 0 Å². The van der Waals surface area contributed by atoms with Gasteiger partial charge in [-0.1, -0.05) is 50.3 Å². The molecule has 1 fully saturated rings. The van der Waals surface area contributed by atoms with Crippen molar-refractivity contribution < 1.29 is 14.3 Å². The molecule has 144 valence electrons. The maximum absolute atomic E-state index is 12.7. The molecule has 2 aromatic carbocycles. The topological polar surface area (TPSA) is 59.3 Å². The zero-order chi connectivity index (χ0) is 20.3. The van der Waals surface area contributed by atoms with Gasteiger partial charge in [0.25, 0.3) is 0 Å². The third kappa shape index (κ3) is 4.65. The number of allylic oxidation sites excluding steroid dienone is 1. The zero-order valence-corrected chi connectivity index (χ0v) is 18.6. The molecule has 1 aliphatic carbocycles. The van der Waals surface area contributed by atoms with Crippen molar-refractivity contribution >= 4 is 37.8 Å². The Morgan fingerprint density at radius 1 is 1.14 bits per heavy atom. The molecule has 0 heterocycles. The van der Waals surface area contributed by atoms with Gasteiger partial charge in [0.05, 0.1) is 9.31 Å². The van der Waals surface area contributed by atoms with Crippen LogP contribution in [0.15, 0.2) is 64.1 Å². The lowest BCUT2D eigenvalue weighted by Gasteiger charge is -2.13. The van der Waals surface area contributed by atoms with Crippen LogP contribution in [0.3, 0.4) is 0 Å². The van der Waals surface area contributed by atoms with Gasteiger partial charge in [-0.15, -0.1) is 0 Å². The van der Waals surface area contributed by atoms with Crippen molar-refractivity contribution in [3.8, 4) is 17.6 Å². The second kappa shape index (κ2) is 8.50. The minimum atomic E-state index is -0.986. The molecule has 3 atom stereocenters. The highest BCUT2D eigenvalue weighted by Crippen LogP contribution is 2.60. The highest BCUT2D eigenvalue weighted by Gasteiger charge is 2.61. The minimum Gasteiger partial charge on any atom is -0.457 e. The van der Waals surface area contributed by atoms with Crippen molar-refractivity contribution in [1.82, 2.24) is 0 Å². The van der Waals surface area contributed by atoms with Gasteiger partial charge < -0.3 is 9.47 Å².